The molecule has 1 heterocycles. The molecule has 0 aliphatic carbocycles. The molecule has 0 atom stereocenters. The van der Waals surface area contributed by atoms with Gasteiger partial charge in [-0.1, -0.05) is 24.3 Å². The van der Waals surface area contributed by atoms with E-state index in [-0.39, 0.29) is 16.9 Å². The lowest BCUT2D eigenvalue weighted by molar-refractivity contribution is 0.0845. The van der Waals surface area contributed by atoms with E-state index < -0.39 is 23.6 Å². The van der Waals surface area contributed by atoms with Crippen LogP contribution in [0.2, 0.25) is 0 Å². The quantitative estimate of drug-likeness (QED) is 0.460. The molecule has 0 unspecified atom stereocenters. The first kappa shape index (κ1) is 18.9. The van der Waals surface area contributed by atoms with Crippen LogP contribution >= 0.6 is 0 Å². The molecule has 0 saturated carbocycles. The first-order chi connectivity index (χ1) is 14.5. The summed E-state index contributed by atoms with van der Waals surface area (Å²) in [4.78, 5) is 50.4. The van der Waals surface area contributed by atoms with Crippen molar-refractivity contribution in [1.29, 1.82) is 0 Å². The molecule has 0 bridgehead atoms. The number of amides is 4. The Morgan fingerprint density at radius 1 is 0.700 bits per heavy atom. The third-order valence-corrected chi connectivity index (χ3v) is 4.62. The fraction of sp³-hybridized carbons (Fsp3) is 0. The van der Waals surface area contributed by atoms with Crippen molar-refractivity contribution in [2.75, 3.05) is 4.90 Å². The molecular weight excluding hydrogens is 386 g/mol. The van der Waals surface area contributed by atoms with Crippen LogP contribution in [0.4, 0.5) is 5.69 Å². The summed E-state index contributed by atoms with van der Waals surface area (Å²) in [6, 6.07) is 18.3. The lowest BCUT2D eigenvalue weighted by Crippen LogP contribution is -2.41. The van der Waals surface area contributed by atoms with Crippen molar-refractivity contribution >= 4 is 29.3 Å². The smallest absolute Gasteiger partial charge is 0.273 e. The second-order valence-electron chi connectivity index (χ2n) is 6.46. The van der Waals surface area contributed by atoms with Crippen molar-refractivity contribution in [3.05, 3.63) is 95.1 Å². The highest BCUT2D eigenvalue weighted by Gasteiger charge is 2.36. The minimum absolute atomic E-state index is 0.0128. The number of anilines is 1. The van der Waals surface area contributed by atoms with Crippen LogP contribution in [-0.4, -0.2) is 28.7 Å². The van der Waals surface area contributed by atoms with Crippen LogP contribution in [0, 0.1) is 0 Å². The summed E-state index contributed by atoms with van der Waals surface area (Å²) >= 11 is 0. The molecule has 8 heteroatoms. The number of carbonyl (C=O) groups is 4. The topological polar surface area (TPSA) is 116 Å². The van der Waals surface area contributed by atoms with E-state index in [1.807, 2.05) is 0 Å². The highest BCUT2D eigenvalue weighted by atomic mass is 16.3. The zero-order valence-corrected chi connectivity index (χ0v) is 15.5. The third kappa shape index (κ3) is 3.26. The van der Waals surface area contributed by atoms with Gasteiger partial charge in [0.25, 0.3) is 23.6 Å². The molecule has 8 nitrogen and oxygen atoms in total. The molecule has 3 aromatic carbocycles. The number of phenols is 1. The number of benzene rings is 3. The Morgan fingerprint density at radius 2 is 1.23 bits per heavy atom. The van der Waals surface area contributed by atoms with Gasteiger partial charge >= 0.3 is 0 Å². The van der Waals surface area contributed by atoms with Gasteiger partial charge in [0.15, 0.2) is 0 Å². The monoisotopic (exact) mass is 401 g/mol. The van der Waals surface area contributed by atoms with E-state index in [2.05, 4.69) is 10.9 Å². The average molecular weight is 401 g/mol. The first-order valence-corrected chi connectivity index (χ1v) is 8.94. The van der Waals surface area contributed by atoms with Gasteiger partial charge in [-0.25, -0.2) is 4.90 Å². The Balaban J connectivity index is 1.45. The summed E-state index contributed by atoms with van der Waals surface area (Å²) in [5, 5.41) is 9.67. The second-order valence-corrected chi connectivity index (χ2v) is 6.46. The summed E-state index contributed by atoms with van der Waals surface area (Å²) in [6.45, 7) is 0. The number of carbonyl (C=O) groups excluding carboxylic acids is 4. The van der Waals surface area contributed by atoms with Crippen LogP contribution in [0.3, 0.4) is 0 Å². The third-order valence-electron chi connectivity index (χ3n) is 4.62. The molecule has 1 aliphatic rings. The summed E-state index contributed by atoms with van der Waals surface area (Å²) in [7, 11) is 0. The molecule has 3 aromatic rings. The van der Waals surface area contributed by atoms with Crippen LogP contribution in [0.15, 0.2) is 72.8 Å². The van der Waals surface area contributed by atoms with Crippen molar-refractivity contribution < 1.29 is 24.3 Å². The number of nitrogens with one attached hydrogen (secondary N) is 2. The molecule has 30 heavy (non-hydrogen) atoms. The number of para-hydroxylation sites is 1. The summed E-state index contributed by atoms with van der Waals surface area (Å²) < 4.78 is 0. The minimum Gasteiger partial charge on any atom is -0.507 e. The van der Waals surface area contributed by atoms with Gasteiger partial charge in [-0.3, -0.25) is 30.0 Å². The van der Waals surface area contributed by atoms with Crippen LogP contribution < -0.4 is 15.8 Å². The Hall–Kier alpha value is -4.46. The number of hydrogen-bond acceptors (Lipinski definition) is 5. The lowest BCUT2D eigenvalue weighted by atomic mass is 10.1. The Bertz CT molecular complexity index is 1150. The summed E-state index contributed by atoms with van der Waals surface area (Å²) in [5.74, 6) is -2.35. The van der Waals surface area contributed by atoms with E-state index >= 15 is 0 Å². The van der Waals surface area contributed by atoms with E-state index in [9.17, 15) is 24.3 Å². The van der Waals surface area contributed by atoms with Crippen LogP contribution in [-0.2, 0) is 0 Å². The molecule has 4 amide bonds. The van der Waals surface area contributed by atoms with Gasteiger partial charge in [-0.15, -0.1) is 0 Å². The van der Waals surface area contributed by atoms with E-state index in [1.54, 1.807) is 36.4 Å². The molecular formula is C22H15N3O5. The normalized spacial score (nSPS) is 12.5. The largest absolute Gasteiger partial charge is 0.507 e. The van der Waals surface area contributed by atoms with Crippen LogP contribution in [0.1, 0.15) is 41.4 Å². The molecule has 0 aromatic heterocycles. The van der Waals surface area contributed by atoms with Gasteiger partial charge in [0.1, 0.15) is 5.75 Å². The fourth-order valence-corrected chi connectivity index (χ4v) is 3.10. The molecule has 0 radical (unpaired) electrons. The number of hydrogen-bond donors (Lipinski definition) is 3. The van der Waals surface area contributed by atoms with Gasteiger partial charge in [0.05, 0.1) is 22.4 Å². The maximum Gasteiger partial charge on any atom is 0.273 e. The zero-order valence-electron chi connectivity index (χ0n) is 15.5. The molecule has 0 saturated heterocycles. The first-order valence-electron chi connectivity index (χ1n) is 8.94. The van der Waals surface area contributed by atoms with Gasteiger partial charge in [-0.2, -0.15) is 0 Å². The number of fused-ring (bicyclic) bond motifs is 1. The standard InChI is InChI=1S/C22H15N3O5/c26-18-8-4-3-7-17(18)20(28)24-23-19(27)13-9-11-14(12-10-13)25-21(29)15-5-1-2-6-16(15)22(25)30/h1-12,26H,(H,23,27)(H,24,28). The molecule has 4 rings (SSSR count). The van der Waals surface area contributed by atoms with Crippen molar-refractivity contribution in [2.45, 2.75) is 0 Å². The SMILES string of the molecule is O=C(NNC(=O)c1ccccc1O)c1ccc(N2C(=O)c3ccccc3C2=O)cc1. The number of imide groups is 1. The maximum atomic E-state index is 12.5. The van der Waals surface area contributed by atoms with Crippen LogP contribution in [0.25, 0.3) is 0 Å². The highest BCUT2D eigenvalue weighted by molar-refractivity contribution is 6.34. The van der Waals surface area contributed by atoms with Crippen molar-refractivity contribution in [1.82, 2.24) is 10.9 Å². The highest BCUT2D eigenvalue weighted by Crippen LogP contribution is 2.28. The molecule has 0 fully saturated rings. The van der Waals surface area contributed by atoms with E-state index in [1.165, 1.54) is 36.4 Å². The number of rotatable bonds is 3. The van der Waals surface area contributed by atoms with Gasteiger partial charge in [0.2, 0.25) is 0 Å². The average Bonchev–Trinajstić information content (AvgIpc) is 3.02. The molecule has 148 valence electrons. The second kappa shape index (κ2) is 7.51. The minimum atomic E-state index is -0.677. The Labute approximate surface area is 170 Å². The van der Waals surface area contributed by atoms with Crippen molar-refractivity contribution in [2.24, 2.45) is 0 Å². The number of phenolic OH excluding ortho intramolecular Hbond substituents is 1. The number of hydrazine groups is 1. The van der Waals surface area contributed by atoms with E-state index in [4.69, 9.17) is 0 Å². The zero-order chi connectivity index (χ0) is 21.3. The van der Waals surface area contributed by atoms with Gasteiger partial charge in [-0.05, 0) is 48.5 Å². The summed E-state index contributed by atoms with van der Waals surface area (Å²) in [5.41, 5.74) is 5.67. The van der Waals surface area contributed by atoms with Gasteiger partial charge in [0, 0.05) is 5.56 Å². The lowest BCUT2D eigenvalue weighted by Gasteiger charge is -2.14. The van der Waals surface area contributed by atoms with Crippen molar-refractivity contribution in [3.8, 4) is 5.75 Å². The predicted octanol–water partition coefficient (Wildman–Crippen LogP) is 2.27. The Kier molecular flexibility index (Phi) is 4.73. The molecule has 3 N–H and O–H groups in total. The molecule has 0 spiro atoms. The number of aromatic hydroxyl groups is 1. The Morgan fingerprint density at radius 3 is 1.83 bits per heavy atom. The van der Waals surface area contributed by atoms with E-state index in [0.717, 1.165) is 4.90 Å². The van der Waals surface area contributed by atoms with Crippen molar-refractivity contribution in [3.63, 3.8) is 0 Å². The maximum absolute atomic E-state index is 12.5. The fourth-order valence-electron chi connectivity index (χ4n) is 3.10. The number of nitrogens with zero attached hydrogens (tertiary/aromatic N) is 1. The predicted molar refractivity (Wildman–Crippen MR) is 107 cm³/mol. The van der Waals surface area contributed by atoms with E-state index in [0.29, 0.717) is 16.8 Å². The summed E-state index contributed by atoms with van der Waals surface area (Å²) in [6.07, 6.45) is 0. The van der Waals surface area contributed by atoms with Crippen LogP contribution in [0.5, 0.6) is 5.75 Å². The molecule has 1 aliphatic heterocycles. The van der Waals surface area contributed by atoms with Gasteiger partial charge < -0.3 is 5.11 Å².